The van der Waals surface area contributed by atoms with Crippen LogP contribution in [0.4, 0.5) is 0 Å². The van der Waals surface area contributed by atoms with Crippen LogP contribution in [0.25, 0.3) is 0 Å². The van der Waals surface area contributed by atoms with Gasteiger partial charge in [-0.25, -0.2) is 0 Å². The molecule has 94 valence electrons. The number of nitrogens with one attached hydrogen (secondary N) is 1. The molecule has 0 radical (unpaired) electrons. The predicted octanol–water partition coefficient (Wildman–Crippen LogP) is 3.44. The second-order valence-electron chi connectivity index (χ2n) is 4.68. The number of hydrogen-bond acceptors (Lipinski definition) is 2. The third kappa shape index (κ3) is 3.09. The molecular formula is C14H20BrNO. The van der Waals surface area contributed by atoms with E-state index in [0.717, 1.165) is 26.2 Å². The summed E-state index contributed by atoms with van der Waals surface area (Å²) in [5.41, 5.74) is 2.64. The Hall–Kier alpha value is -0.380. The Morgan fingerprint density at radius 1 is 1.53 bits per heavy atom. The van der Waals surface area contributed by atoms with Gasteiger partial charge in [-0.05, 0) is 37.1 Å². The lowest BCUT2D eigenvalue weighted by atomic mass is 9.92. The van der Waals surface area contributed by atoms with Crippen LogP contribution in [0, 0.1) is 12.8 Å². The van der Waals surface area contributed by atoms with Crippen LogP contribution in [-0.2, 0) is 4.74 Å². The molecule has 1 aliphatic heterocycles. The monoisotopic (exact) mass is 297 g/mol. The number of rotatable bonds is 4. The summed E-state index contributed by atoms with van der Waals surface area (Å²) in [5, 5.41) is 3.59. The lowest BCUT2D eigenvalue weighted by Crippen LogP contribution is -2.28. The van der Waals surface area contributed by atoms with Crippen LogP contribution < -0.4 is 5.32 Å². The Labute approximate surface area is 112 Å². The third-order valence-electron chi connectivity index (χ3n) is 3.35. The van der Waals surface area contributed by atoms with E-state index >= 15 is 0 Å². The Morgan fingerprint density at radius 3 is 2.94 bits per heavy atom. The molecule has 1 N–H and O–H groups in total. The quantitative estimate of drug-likeness (QED) is 0.919. The van der Waals surface area contributed by atoms with E-state index in [-0.39, 0.29) is 0 Å². The van der Waals surface area contributed by atoms with Gasteiger partial charge < -0.3 is 10.1 Å². The van der Waals surface area contributed by atoms with Gasteiger partial charge in [-0.15, -0.1) is 0 Å². The summed E-state index contributed by atoms with van der Waals surface area (Å²) >= 11 is 3.68. The molecule has 2 nitrogen and oxygen atoms in total. The molecule has 1 heterocycles. The van der Waals surface area contributed by atoms with Crippen molar-refractivity contribution in [2.24, 2.45) is 5.92 Å². The summed E-state index contributed by atoms with van der Waals surface area (Å²) in [7, 11) is 0. The first-order chi connectivity index (χ1) is 8.22. The number of ether oxygens (including phenoxy) is 1. The van der Waals surface area contributed by atoms with Gasteiger partial charge in [0.1, 0.15) is 0 Å². The minimum absolute atomic E-state index is 0.400. The first kappa shape index (κ1) is 13.1. The fourth-order valence-corrected chi connectivity index (χ4v) is 3.19. The van der Waals surface area contributed by atoms with Gasteiger partial charge >= 0.3 is 0 Å². The molecule has 2 rings (SSSR count). The van der Waals surface area contributed by atoms with Crippen molar-refractivity contribution in [3.8, 4) is 0 Å². The second kappa shape index (κ2) is 5.98. The standard InChI is InChI=1S/C14H20BrNO/c1-3-16-14(11-6-7-17-9-11)12-5-4-10(2)8-13(12)15/h4-5,8,11,14,16H,3,6-7,9H2,1-2H3. The molecule has 1 fully saturated rings. The Kier molecular flexibility index (Phi) is 4.60. The van der Waals surface area contributed by atoms with E-state index in [9.17, 15) is 0 Å². The fourth-order valence-electron chi connectivity index (χ4n) is 2.45. The number of halogens is 1. The van der Waals surface area contributed by atoms with Gasteiger partial charge in [0, 0.05) is 23.0 Å². The molecule has 0 aliphatic carbocycles. The molecule has 2 unspecified atom stereocenters. The highest BCUT2D eigenvalue weighted by Crippen LogP contribution is 2.33. The lowest BCUT2D eigenvalue weighted by Gasteiger charge is -2.25. The van der Waals surface area contributed by atoms with Crippen molar-refractivity contribution in [3.05, 3.63) is 33.8 Å². The van der Waals surface area contributed by atoms with E-state index in [1.54, 1.807) is 0 Å². The van der Waals surface area contributed by atoms with E-state index in [0.29, 0.717) is 12.0 Å². The Morgan fingerprint density at radius 2 is 2.35 bits per heavy atom. The van der Waals surface area contributed by atoms with Crippen molar-refractivity contribution < 1.29 is 4.74 Å². The first-order valence-electron chi connectivity index (χ1n) is 6.29. The van der Waals surface area contributed by atoms with Crippen LogP contribution in [0.5, 0.6) is 0 Å². The van der Waals surface area contributed by atoms with Gasteiger partial charge in [-0.1, -0.05) is 35.0 Å². The smallest absolute Gasteiger partial charge is 0.0513 e. The molecule has 1 aromatic rings. The van der Waals surface area contributed by atoms with Crippen molar-refractivity contribution in [2.45, 2.75) is 26.3 Å². The van der Waals surface area contributed by atoms with E-state index in [1.165, 1.54) is 15.6 Å². The van der Waals surface area contributed by atoms with Crippen LogP contribution in [0.15, 0.2) is 22.7 Å². The minimum atomic E-state index is 0.400. The summed E-state index contributed by atoms with van der Waals surface area (Å²) < 4.78 is 6.72. The van der Waals surface area contributed by atoms with Crippen molar-refractivity contribution in [1.82, 2.24) is 5.32 Å². The number of hydrogen-bond donors (Lipinski definition) is 1. The molecule has 1 saturated heterocycles. The number of aryl methyl sites for hydroxylation is 1. The van der Waals surface area contributed by atoms with Crippen molar-refractivity contribution in [3.63, 3.8) is 0 Å². The third-order valence-corrected chi connectivity index (χ3v) is 4.04. The van der Waals surface area contributed by atoms with Crippen LogP contribution in [0.1, 0.15) is 30.5 Å². The topological polar surface area (TPSA) is 21.3 Å². The Bertz CT molecular complexity index is 374. The fraction of sp³-hybridized carbons (Fsp3) is 0.571. The summed E-state index contributed by atoms with van der Waals surface area (Å²) in [4.78, 5) is 0. The number of benzene rings is 1. The Balaban J connectivity index is 2.24. The zero-order valence-corrected chi connectivity index (χ0v) is 12.1. The molecule has 2 atom stereocenters. The maximum Gasteiger partial charge on any atom is 0.0513 e. The van der Waals surface area contributed by atoms with E-state index in [1.807, 2.05) is 0 Å². The molecule has 1 aromatic carbocycles. The average molecular weight is 298 g/mol. The van der Waals surface area contributed by atoms with Crippen molar-refractivity contribution in [2.75, 3.05) is 19.8 Å². The molecule has 0 bridgehead atoms. The van der Waals surface area contributed by atoms with Crippen molar-refractivity contribution in [1.29, 1.82) is 0 Å². The van der Waals surface area contributed by atoms with Crippen LogP contribution >= 0.6 is 15.9 Å². The average Bonchev–Trinajstić information content (AvgIpc) is 2.80. The van der Waals surface area contributed by atoms with Gasteiger partial charge in [0.05, 0.1) is 6.61 Å². The van der Waals surface area contributed by atoms with Crippen LogP contribution in [-0.4, -0.2) is 19.8 Å². The molecule has 0 saturated carbocycles. The summed E-state index contributed by atoms with van der Waals surface area (Å²) in [6.45, 7) is 7.04. The SMILES string of the molecule is CCNC(c1ccc(C)cc1Br)C1CCOC1. The van der Waals surface area contributed by atoms with E-state index < -0.39 is 0 Å². The minimum Gasteiger partial charge on any atom is -0.381 e. The van der Waals surface area contributed by atoms with Gasteiger partial charge in [0.2, 0.25) is 0 Å². The predicted molar refractivity (Wildman–Crippen MR) is 74.2 cm³/mol. The van der Waals surface area contributed by atoms with Crippen LogP contribution in [0.3, 0.4) is 0 Å². The maximum atomic E-state index is 5.51. The second-order valence-corrected chi connectivity index (χ2v) is 5.54. The molecule has 0 aromatic heterocycles. The summed E-state index contributed by atoms with van der Waals surface area (Å²) in [6.07, 6.45) is 1.15. The van der Waals surface area contributed by atoms with Gasteiger partial charge in [0.25, 0.3) is 0 Å². The molecule has 0 amide bonds. The summed E-state index contributed by atoms with van der Waals surface area (Å²) in [5.74, 6) is 0.592. The lowest BCUT2D eigenvalue weighted by molar-refractivity contribution is 0.177. The van der Waals surface area contributed by atoms with Crippen LogP contribution in [0.2, 0.25) is 0 Å². The highest BCUT2D eigenvalue weighted by Gasteiger charge is 2.27. The van der Waals surface area contributed by atoms with E-state index in [4.69, 9.17) is 4.74 Å². The highest BCUT2D eigenvalue weighted by molar-refractivity contribution is 9.10. The summed E-state index contributed by atoms with van der Waals surface area (Å²) in [6, 6.07) is 7.00. The van der Waals surface area contributed by atoms with Crippen molar-refractivity contribution >= 4 is 15.9 Å². The highest BCUT2D eigenvalue weighted by atomic mass is 79.9. The van der Waals surface area contributed by atoms with Gasteiger partial charge in [-0.2, -0.15) is 0 Å². The molecular weight excluding hydrogens is 278 g/mol. The van der Waals surface area contributed by atoms with Gasteiger partial charge in [-0.3, -0.25) is 0 Å². The largest absolute Gasteiger partial charge is 0.381 e. The normalized spacial score (nSPS) is 21.7. The zero-order chi connectivity index (χ0) is 12.3. The molecule has 17 heavy (non-hydrogen) atoms. The zero-order valence-electron chi connectivity index (χ0n) is 10.5. The first-order valence-corrected chi connectivity index (χ1v) is 7.09. The van der Waals surface area contributed by atoms with Gasteiger partial charge in [0.15, 0.2) is 0 Å². The molecule has 0 spiro atoms. The van der Waals surface area contributed by atoms with E-state index in [2.05, 4.69) is 53.3 Å². The molecule has 3 heteroatoms. The molecule has 1 aliphatic rings. The maximum absolute atomic E-state index is 5.51.